The van der Waals surface area contributed by atoms with E-state index in [0.29, 0.717) is 22.7 Å². The Morgan fingerprint density at radius 3 is 2.68 bits per heavy atom. The average Bonchev–Trinajstić information content (AvgIpc) is 3.14. The monoisotopic (exact) mass is 457 g/mol. The van der Waals surface area contributed by atoms with Crippen molar-refractivity contribution in [1.29, 1.82) is 0 Å². The van der Waals surface area contributed by atoms with E-state index in [1.807, 2.05) is 26.8 Å². The molecule has 0 spiro atoms. The van der Waals surface area contributed by atoms with Crippen LogP contribution in [0.4, 0.5) is 5.69 Å². The third kappa shape index (κ3) is 3.81. The summed E-state index contributed by atoms with van der Waals surface area (Å²) in [5.74, 6) is 0.822. The smallest absolute Gasteiger partial charge is 0.325 e. The molecule has 0 aliphatic rings. The molecule has 0 radical (unpaired) electrons. The van der Waals surface area contributed by atoms with Crippen LogP contribution in [-0.4, -0.2) is 30.3 Å². The minimum absolute atomic E-state index is 0.114. The lowest BCUT2D eigenvalue weighted by molar-refractivity contribution is -0.115. The third-order valence-electron chi connectivity index (χ3n) is 5.47. The largest absolute Gasteiger partial charge is 0.328 e. The van der Waals surface area contributed by atoms with Gasteiger partial charge in [-0.25, -0.2) is 9.78 Å². The number of carbonyl (C=O) groups is 1. The van der Waals surface area contributed by atoms with E-state index in [-0.39, 0.29) is 22.4 Å². The summed E-state index contributed by atoms with van der Waals surface area (Å²) >= 11 is 2.91. The van der Waals surface area contributed by atoms with Crippen molar-refractivity contribution in [2.45, 2.75) is 31.8 Å². The van der Waals surface area contributed by atoms with Crippen molar-refractivity contribution >= 4 is 55.9 Å². The lowest BCUT2D eigenvalue weighted by Crippen LogP contribution is -2.23. The molecule has 0 aliphatic carbocycles. The van der Waals surface area contributed by atoms with Crippen molar-refractivity contribution in [2.24, 2.45) is 14.1 Å². The van der Waals surface area contributed by atoms with E-state index in [4.69, 9.17) is 0 Å². The van der Waals surface area contributed by atoms with E-state index in [0.717, 1.165) is 26.3 Å². The summed E-state index contributed by atoms with van der Waals surface area (Å²) in [4.78, 5) is 46.4. The molecule has 10 heteroatoms. The molecule has 0 saturated heterocycles. The molecule has 1 atom stereocenters. The lowest BCUT2D eigenvalue weighted by Gasteiger charge is -2.12. The number of thioether (sulfide) groups is 1. The van der Waals surface area contributed by atoms with Crippen molar-refractivity contribution in [2.75, 3.05) is 5.32 Å². The fourth-order valence-electron chi connectivity index (χ4n) is 3.48. The summed E-state index contributed by atoms with van der Waals surface area (Å²) in [5.41, 5.74) is 2.90. The highest BCUT2D eigenvalue weighted by Gasteiger charge is 2.17. The van der Waals surface area contributed by atoms with Crippen molar-refractivity contribution in [3.8, 4) is 0 Å². The highest BCUT2D eigenvalue weighted by atomic mass is 32.2. The predicted octanol–water partition coefficient (Wildman–Crippen LogP) is 3.05. The summed E-state index contributed by atoms with van der Waals surface area (Å²) in [6.07, 6.45) is 0. The normalized spacial score (nSPS) is 12.5. The van der Waals surface area contributed by atoms with Gasteiger partial charge >= 0.3 is 5.69 Å². The molecule has 31 heavy (non-hydrogen) atoms. The number of aromatic nitrogens is 4. The summed E-state index contributed by atoms with van der Waals surface area (Å²) in [6.45, 7) is 5.72. The standard InChI is InChI=1S/C21H23N5O3S2/c1-10-11(2)31-20-17(10)19(28)23-16(24-20)9-30-12(3)18(27)22-13-6-7-14-15(8-13)26(5)21(29)25(14)4/h6-8,12H,9H2,1-5H3,(H,22,27)(H,23,24,28). The number of hydrogen-bond acceptors (Lipinski definition) is 6. The number of H-pyrrole nitrogens is 1. The second kappa shape index (κ2) is 8.01. The molecular formula is C21H23N5O3S2. The summed E-state index contributed by atoms with van der Waals surface area (Å²) in [5, 5.41) is 3.19. The molecule has 0 aliphatic heterocycles. The molecule has 1 amide bonds. The van der Waals surface area contributed by atoms with Crippen LogP contribution in [0.15, 0.2) is 27.8 Å². The highest BCUT2D eigenvalue weighted by Crippen LogP contribution is 2.27. The first-order chi connectivity index (χ1) is 14.7. The Balaban J connectivity index is 1.46. The van der Waals surface area contributed by atoms with Gasteiger partial charge in [-0.05, 0) is 44.5 Å². The van der Waals surface area contributed by atoms with Gasteiger partial charge < -0.3 is 10.3 Å². The number of rotatable bonds is 5. The number of amides is 1. The third-order valence-corrected chi connectivity index (χ3v) is 7.72. The number of benzene rings is 1. The number of aryl methyl sites for hydroxylation is 4. The fourth-order valence-corrected chi connectivity index (χ4v) is 5.28. The molecule has 8 nitrogen and oxygen atoms in total. The van der Waals surface area contributed by atoms with Crippen LogP contribution in [0.3, 0.4) is 0 Å². The molecule has 0 fully saturated rings. The number of fused-ring (bicyclic) bond motifs is 2. The van der Waals surface area contributed by atoms with E-state index in [9.17, 15) is 14.4 Å². The molecule has 3 aromatic heterocycles. The van der Waals surface area contributed by atoms with E-state index in [2.05, 4.69) is 15.3 Å². The van der Waals surface area contributed by atoms with Gasteiger partial charge in [-0.2, -0.15) is 0 Å². The number of aromatic amines is 1. The number of anilines is 1. The zero-order valence-electron chi connectivity index (χ0n) is 17.9. The van der Waals surface area contributed by atoms with E-state index in [1.165, 1.54) is 23.1 Å². The Kier molecular flexibility index (Phi) is 5.52. The molecule has 162 valence electrons. The minimum Gasteiger partial charge on any atom is -0.325 e. The van der Waals surface area contributed by atoms with Gasteiger partial charge in [0.25, 0.3) is 5.56 Å². The topological polar surface area (TPSA) is 102 Å². The van der Waals surface area contributed by atoms with Crippen molar-refractivity contribution < 1.29 is 4.79 Å². The summed E-state index contributed by atoms with van der Waals surface area (Å²) < 4.78 is 3.12. The fraction of sp³-hybridized carbons (Fsp3) is 0.333. The number of carbonyl (C=O) groups excluding carboxylic acids is 1. The predicted molar refractivity (Wildman–Crippen MR) is 127 cm³/mol. The second-order valence-electron chi connectivity index (χ2n) is 7.52. The number of nitrogens with zero attached hydrogens (tertiary/aromatic N) is 3. The maximum Gasteiger partial charge on any atom is 0.328 e. The highest BCUT2D eigenvalue weighted by molar-refractivity contribution is 7.99. The minimum atomic E-state index is -0.358. The van der Waals surface area contributed by atoms with Gasteiger partial charge in [0.05, 0.1) is 27.4 Å². The SMILES string of the molecule is Cc1sc2nc(CSC(C)C(=O)Nc3ccc4c(c3)n(C)c(=O)n4C)[nH]c(=O)c2c1C. The number of imidazole rings is 1. The van der Waals surface area contributed by atoms with Gasteiger partial charge in [0.15, 0.2) is 0 Å². The van der Waals surface area contributed by atoms with E-state index in [1.54, 1.807) is 35.4 Å². The first-order valence-corrected chi connectivity index (χ1v) is 11.6. The van der Waals surface area contributed by atoms with E-state index >= 15 is 0 Å². The van der Waals surface area contributed by atoms with Gasteiger partial charge in [0.2, 0.25) is 5.91 Å². The molecule has 4 rings (SSSR count). The van der Waals surface area contributed by atoms with Crippen LogP contribution < -0.4 is 16.6 Å². The Labute approximate surface area is 186 Å². The van der Waals surface area contributed by atoms with Crippen LogP contribution in [0, 0.1) is 13.8 Å². The molecule has 3 heterocycles. The van der Waals surface area contributed by atoms with Crippen LogP contribution in [0.25, 0.3) is 21.3 Å². The molecule has 0 bridgehead atoms. The quantitative estimate of drug-likeness (QED) is 0.480. The van der Waals surface area contributed by atoms with Gasteiger partial charge in [-0.1, -0.05) is 0 Å². The van der Waals surface area contributed by atoms with Crippen molar-refractivity contribution in [1.82, 2.24) is 19.1 Å². The zero-order valence-corrected chi connectivity index (χ0v) is 19.5. The van der Waals surface area contributed by atoms with Crippen LogP contribution in [0.2, 0.25) is 0 Å². The maximum atomic E-state index is 12.7. The van der Waals surface area contributed by atoms with Gasteiger partial charge in [-0.15, -0.1) is 23.1 Å². The molecule has 1 unspecified atom stereocenters. The number of hydrogen-bond donors (Lipinski definition) is 2. The van der Waals surface area contributed by atoms with Crippen LogP contribution in [0.5, 0.6) is 0 Å². The average molecular weight is 458 g/mol. The first-order valence-electron chi connectivity index (χ1n) is 9.74. The molecule has 2 N–H and O–H groups in total. The Hall–Kier alpha value is -2.85. The molecule has 4 aromatic rings. The van der Waals surface area contributed by atoms with Crippen molar-refractivity contribution in [3.63, 3.8) is 0 Å². The van der Waals surface area contributed by atoms with Gasteiger partial charge in [0, 0.05) is 24.7 Å². The van der Waals surface area contributed by atoms with Crippen molar-refractivity contribution in [3.05, 3.63) is 55.3 Å². The number of thiophene rings is 1. The van der Waals surface area contributed by atoms with Gasteiger partial charge in [-0.3, -0.25) is 18.7 Å². The van der Waals surface area contributed by atoms with E-state index < -0.39 is 0 Å². The van der Waals surface area contributed by atoms with Gasteiger partial charge in [0.1, 0.15) is 10.7 Å². The lowest BCUT2D eigenvalue weighted by atomic mass is 10.2. The molecule has 0 saturated carbocycles. The Morgan fingerprint density at radius 1 is 1.23 bits per heavy atom. The summed E-state index contributed by atoms with van der Waals surface area (Å²) in [7, 11) is 3.42. The Bertz CT molecular complexity index is 1440. The van der Waals surface area contributed by atoms with Crippen LogP contribution in [-0.2, 0) is 24.6 Å². The van der Waals surface area contributed by atoms with Crippen LogP contribution >= 0.6 is 23.1 Å². The summed E-state index contributed by atoms with van der Waals surface area (Å²) in [6, 6.07) is 5.39. The Morgan fingerprint density at radius 2 is 1.94 bits per heavy atom. The van der Waals surface area contributed by atoms with Crippen LogP contribution in [0.1, 0.15) is 23.2 Å². The molecular weight excluding hydrogens is 434 g/mol. The molecule has 1 aromatic carbocycles. The second-order valence-corrected chi connectivity index (χ2v) is 10.1. The zero-order chi connectivity index (χ0) is 22.4. The number of nitrogens with one attached hydrogen (secondary N) is 2. The first kappa shape index (κ1) is 21.4. The maximum absolute atomic E-state index is 12.7.